The lowest BCUT2D eigenvalue weighted by Gasteiger charge is -2.23. The number of aromatic nitrogens is 4. The summed E-state index contributed by atoms with van der Waals surface area (Å²) in [7, 11) is -0.695. The third kappa shape index (κ3) is 4.74. The summed E-state index contributed by atoms with van der Waals surface area (Å²) in [4.78, 5) is 18.6. The van der Waals surface area contributed by atoms with E-state index in [1.807, 2.05) is 42.6 Å². The van der Waals surface area contributed by atoms with Crippen LogP contribution in [-0.4, -0.2) is 54.0 Å². The second-order valence-corrected chi connectivity index (χ2v) is 14.1. The van der Waals surface area contributed by atoms with Crippen molar-refractivity contribution in [2.24, 2.45) is 0 Å². The van der Waals surface area contributed by atoms with Gasteiger partial charge in [0.15, 0.2) is 5.76 Å². The number of nitrogens with zero attached hydrogens (tertiary/aromatic N) is 5. The Bertz CT molecular complexity index is 2490. The quantitative estimate of drug-likeness (QED) is 0.214. The fourth-order valence-electron chi connectivity index (χ4n) is 6.69. The van der Waals surface area contributed by atoms with Crippen LogP contribution in [0, 0.1) is 5.82 Å². The summed E-state index contributed by atoms with van der Waals surface area (Å²) < 4.78 is 52.0. The van der Waals surface area contributed by atoms with Gasteiger partial charge in [-0.05, 0) is 61.2 Å². The van der Waals surface area contributed by atoms with E-state index < -0.39 is 10.0 Å². The van der Waals surface area contributed by atoms with Crippen LogP contribution in [0.3, 0.4) is 0 Å². The summed E-state index contributed by atoms with van der Waals surface area (Å²) in [5.74, 6) is -0.348. The van der Waals surface area contributed by atoms with Gasteiger partial charge in [-0.2, -0.15) is 5.10 Å². The van der Waals surface area contributed by atoms with Gasteiger partial charge in [-0.15, -0.1) is 0 Å². The number of nitrogens with one attached hydrogen (secondary N) is 1. The van der Waals surface area contributed by atoms with Gasteiger partial charge >= 0.3 is 0 Å². The smallest absolute Gasteiger partial charge is 0.255 e. The number of carbonyl (C=O) groups is 1. The average molecular weight is 663 g/mol. The van der Waals surface area contributed by atoms with Crippen LogP contribution in [0.5, 0.6) is 0 Å². The minimum atomic E-state index is -3.71. The number of hydrogen-bond donors (Lipinski definition) is 1. The molecule has 1 amide bonds. The number of benzene rings is 2. The number of fused-ring (bicyclic) bond motifs is 6. The molecule has 0 unspecified atom stereocenters. The number of anilines is 1. The van der Waals surface area contributed by atoms with Crippen molar-refractivity contribution in [1.29, 1.82) is 0 Å². The van der Waals surface area contributed by atoms with Crippen LogP contribution in [0.15, 0.2) is 83.6 Å². The Morgan fingerprint density at radius 3 is 2.73 bits per heavy atom. The number of amides is 1. The molecule has 2 aliphatic rings. The third-order valence-electron chi connectivity index (χ3n) is 9.22. The van der Waals surface area contributed by atoms with Crippen molar-refractivity contribution < 1.29 is 22.0 Å². The van der Waals surface area contributed by atoms with Crippen molar-refractivity contribution in [3.05, 3.63) is 96.1 Å². The van der Waals surface area contributed by atoms with Crippen LogP contribution in [-0.2, 0) is 23.0 Å². The number of furan rings is 1. The van der Waals surface area contributed by atoms with E-state index >= 15 is 0 Å². The Morgan fingerprint density at radius 1 is 1.10 bits per heavy atom. The molecular formula is C36H31FN6O4S. The summed E-state index contributed by atoms with van der Waals surface area (Å²) in [6.45, 7) is 0.683. The molecule has 48 heavy (non-hydrogen) atoms. The first-order chi connectivity index (χ1) is 23.1. The number of hydrogen-bond acceptors (Lipinski definition) is 6. The Hall–Kier alpha value is -5.49. The van der Waals surface area contributed by atoms with Gasteiger partial charge in [-0.1, -0.05) is 24.3 Å². The van der Waals surface area contributed by atoms with Crippen LogP contribution in [0.1, 0.15) is 28.8 Å². The molecule has 0 radical (unpaired) electrons. The fraction of sp³-hybridized carbons (Fsp3) is 0.194. The Balaban J connectivity index is 1.34. The highest BCUT2D eigenvalue weighted by Gasteiger charge is 2.28. The SMILES string of the molecule is CNC(=O)c1c(-c2cnn(C3=CC=CCC3)c2)oc2cc(N(C)S(C)(=O)=O)c(-c3ccc4c(n3)-c3cc5c(F)cccc5n3CC4)cc12. The molecule has 2 aromatic carbocycles. The van der Waals surface area contributed by atoms with Crippen molar-refractivity contribution in [3.8, 4) is 34.0 Å². The minimum absolute atomic E-state index is 0.299. The van der Waals surface area contributed by atoms with Crippen molar-refractivity contribution in [3.63, 3.8) is 0 Å². The highest BCUT2D eigenvalue weighted by molar-refractivity contribution is 7.92. The van der Waals surface area contributed by atoms with E-state index in [1.54, 1.807) is 36.1 Å². The van der Waals surface area contributed by atoms with Gasteiger partial charge < -0.3 is 14.3 Å². The molecular weight excluding hydrogens is 631 g/mol. The summed E-state index contributed by atoms with van der Waals surface area (Å²) in [5.41, 5.74) is 6.85. The number of rotatable bonds is 6. The first-order valence-electron chi connectivity index (χ1n) is 15.6. The maximum atomic E-state index is 14.8. The first-order valence-corrected chi connectivity index (χ1v) is 17.4. The second-order valence-electron chi connectivity index (χ2n) is 12.1. The predicted octanol–water partition coefficient (Wildman–Crippen LogP) is 6.62. The molecule has 0 saturated heterocycles. The molecule has 242 valence electrons. The molecule has 5 heterocycles. The Labute approximate surface area is 275 Å². The van der Waals surface area contributed by atoms with E-state index in [0.717, 1.165) is 41.6 Å². The zero-order valence-corrected chi connectivity index (χ0v) is 27.3. The molecule has 6 aromatic rings. The van der Waals surface area contributed by atoms with Gasteiger partial charge in [0, 0.05) is 54.9 Å². The fourth-order valence-corrected chi connectivity index (χ4v) is 7.20. The highest BCUT2D eigenvalue weighted by atomic mass is 32.2. The molecule has 1 aliphatic heterocycles. The van der Waals surface area contributed by atoms with Crippen molar-refractivity contribution in [2.45, 2.75) is 25.8 Å². The number of halogens is 1. The first kappa shape index (κ1) is 29.9. The standard InChI is InChI=1S/C36H31FN6O4S/c1-38-36(44)33-26-16-25(28-13-12-21-14-15-42-29-11-7-10-27(37)24(29)17-31(42)34(21)40-28)30(41(2)48(3,45)46)18-32(26)47-35(33)22-19-39-43(20-22)23-8-5-4-6-9-23/h4-5,7-8,10-13,16-20H,6,9,14-15H2,1-3H3,(H,38,44). The third-order valence-corrected chi connectivity index (χ3v) is 10.4. The topological polar surface area (TPSA) is 115 Å². The number of aryl methyl sites for hydroxylation is 2. The molecule has 1 N–H and O–H groups in total. The molecule has 4 aromatic heterocycles. The largest absolute Gasteiger partial charge is 0.455 e. The van der Waals surface area contributed by atoms with Crippen molar-refractivity contribution in [2.75, 3.05) is 24.7 Å². The maximum Gasteiger partial charge on any atom is 0.255 e. The average Bonchev–Trinajstić information content (AvgIpc) is 3.83. The van der Waals surface area contributed by atoms with Gasteiger partial charge in [0.05, 0.1) is 51.9 Å². The van der Waals surface area contributed by atoms with Gasteiger partial charge in [0.2, 0.25) is 10.0 Å². The number of carbonyl (C=O) groups excluding carboxylic acids is 1. The van der Waals surface area contributed by atoms with Crippen LogP contribution in [0.2, 0.25) is 0 Å². The molecule has 0 atom stereocenters. The summed E-state index contributed by atoms with van der Waals surface area (Å²) in [5, 5.41) is 8.28. The molecule has 0 fully saturated rings. The molecule has 0 saturated carbocycles. The minimum Gasteiger partial charge on any atom is -0.455 e. The van der Waals surface area contributed by atoms with Gasteiger partial charge in [0.25, 0.3) is 5.91 Å². The van der Waals surface area contributed by atoms with Crippen LogP contribution < -0.4 is 9.62 Å². The lowest BCUT2D eigenvalue weighted by atomic mass is 9.99. The van der Waals surface area contributed by atoms with E-state index in [1.165, 1.54) is 17.4 Å². The van der Waals surface area contributed by atoms with Crippen LogP contribution in [0.4, 0.5) is 10.1 Å². The number of allylic oxidation sites excluding steroid dienone is 4. The van der Waals surface area contributed by atoms with E-state index in [9.17, 15) is 17.6 Å². The molecule has 1 aliphatic carbocycles. The summed E-state index contributed by atoms with van der Waals surface area (Å²) in [6, 6.07) is 14.1. The molecule has 12 heteroatoms. The zero-order chi connectivity index (χ0) is 33.3. The Kier molecular flexibility index (Phi) is 6.88. The zero-order valence-electron chi connectivity index (χ0n) is 26.5. The Morgan fingerprint density at radius 2 is 1.96 bits per heavy atom. The van der Waals surface area contributed by atoms with Crippen LogP contribution >= 0.6 is 0 Å². The summed E-state index contributed by atoms with van der Waals surface area (Å²) >= 11 is 0. The predicted molar refractivity (Wildman–Crippen MR) is 185 cm³/mol. The molecule has 8 rings (SSSR count). The number of sulfonamides is 1. The molecule has 10 nitrogen and oxygen atoms in total. The van der Waals surface area contributed by atoms with Crippen molar-refractivity contribution in [1.82, 2.24) is 24.6 Å². The monoisotopic (exact) mass is 662 g/mol. The second kappa shape index (κ2) is 11.1. The van der Waals surface area contributed by atoms with E-state index in [0.29, 0.717) is 68.8 Å². The van der Waals surface area contributed by atoms with E-state index in [-0.39, 0.29) is 11.7 Å². The molecule has 0 bridgehead atoms. The van der Waals surface area contributed by atoms with E-state index in [4.69, 9.17) is 9.40 Å². The van der Waals surface area contributed by atoms with Gasteiger partial charge in [-0.3, -0.25) is 9.10 Å². The van der Waals surface area contributed by atoms with Gasteiger partial charge in [-0.25, -0.2) is 22.5 Å². The van der Waals surface area contributed by atoms with Gasteiger partial charge in [0.1, 0.15) is 11.4 Å². The number of pyridine rings is 1. The maximum absolute atomic E-state index is 14.8. The highest BCUT2D eigenvalue weighted by Crippen LogP contribution is 2.42. The normalized spacial score (nSPS) is 14.2. The van der Waals surface area contributed by atoms with E-state index in [2.05, 4.69) is 21.1 Å². The van der Waals surface area contributed by atoms with Crippen LogP contribution in [0.25, 0.3) is 61.5 Å². The lowest BCUT2D eigenvalue weighted by molar-refractivity contribution is 0.0964. The lowest BCUT2D eigenvalue weighted by Crippen LogP contribution is -2.25. The summed E-state index contributed by atoms with van der Waals surface area (Å²) in [6.07, 6.45) is 13.1. The van der Waals surface area contributed by atoms with Crippen molar-refractivity contribution >= 4 is 49.2 Å². The molecule has 0 spiro atoms.